The Morgan fingerprint density at radius 2 is 2.27 bits per heavy atom. The summed E-state index contributed by atoms with van der Waals surface area (Å²) in [6, 6.07) is 7.20. The molecule has 0 saturated heterocycles. The minimum absolute atomic E-state index is 0. The fourth-order valence-corrected chi connectivity index (χ4v) is 3.21. The van der Waals surface area contributed by atoms with Gasteiger partial charge in [0, 0.05) is 18.0 Å². The number of rotatable bonds is 6. The number of halogens is 1. The highest BCUT2D eigenvalue weighted by atomic mass is 35.5. The lowest BCUT2D eigenvalue weighted by molar-refractivity contribution is -0.122. The molecule has 142 valence electrons. The normalized spacial score (nSPS) is 20.3. The summed E-state index contributed by atoms with van der Waals surface area (Å²) in [7, 11) is 1.61. The van der Waals surface area contributed by atoms with E-state index < -0.39 is 0 Å². The summed E-state index contributed by atoms with van der Waals surface area (Å²) in [6.45, 7) is 1.83. The minimum Gasteiger partial charge on any atom is -0.497 e. The molecule has 8 heteroatoms. The van der Waals surface area contributed by atoms with Crippen molar-refractivity contribution in [3.05, 3.63) is 30.2 Å². The zero-order valence-corrected chi connectivity index (χ0v) is 15.8. The van der Waals surface area contributed by atoms with Crippen LogP contribution in [0.1, 0.15) is 44.5 Å². The molecule has 26 heavy (non-hydrogen) atoms. The van der Waals surface area contributed by atoms with Gasteiger partial charge in [0.2, 0.25) is 17.6 Å². The number of nitrogens with zero attached hydrogens (tertiary/aromatic N) is 2. The molecule has 3 atom stereocenters. The predicted molar refractivity (Wildman–Crippen MR) is 100 cm³/mol. The first-order valence-electron chi connectivity index (χ1n) is 8.60. The highest BCUT2D eigenvalue weighted by Crippen LogP contribution is 2.27. The van der Waals surface area contributed by atoms with Crippen LogP contribution in [0, 0.1) is 5.92 Å². The number of aromatic nitrogens is 2. The van der Waals surface area contributed by atoms with Crippen LogP contribution in [0.25, 0.3) is 11.4 Å². The van der Waals surface area contributed by atoms with Crippen LogP contribution in [0.15, 0.2) is 28.8 Å². The first-order chi connectivity index (χ1) is 12.1. The smallest absolute Gasteiger partial charge is 0.249 e. The molecule has 1 heterocycles. The van der Waals surface area contributed by atoms with E-state index >= 15 is 0 Å². The minimum atomic E-state index is -0.350. The van der Waals surface area contributed by atoms with Crippen LogP contribution in [-0.2, 0) is 4.79 Å². The number of nitrogens with two attached hydrogens (primary N) is 1. The number of carbonyl (C=O) groups is 1. The van der Waals surface area contributed by atoms with E-state index in [9.17, 15) is 4.79 Å². The number of benzene rings is 1. The van der Waals surface area contributed by atoms with E-state index in [4.69, 9.17) is 15.0 Å². The molecule has 2 aromatic rings. The lowest BCUT2D eigenvalue weighted by Gasteiger charge is -2.16. The van der Waals surface area contributed by atoms with E-state index in [-0.39, 0.29) is 36.3 Å². The average molecular weight is 381 g/mol. The second-order valence-electron chi connectivity index (χ2n) is 6.54. The van der Waals surface area contributed by atoms with Gasteiger partial charge in [0.15, 0.2) is 0 Å². The van der Waals surface area contributed by atoms with Crippen molar-refractivity contribution in [3.63, 3.8) is 0 Å². The van der Waals surface area contributed by atoms with Gasteiger partial charge in [0.05, 0.1) is 7.11 Å². The first-order valence-corrected chi connectivity index (χ1v) is 8.60. The molecular formula is C18H25ClN4O3. The van der Waals surface area contributed by atoms with Crippen molar-refractivity contribution < 1.29 is 14.1 Å². The van der Waals surface area contributed by atoms with Crippen LogP contribution in [0.2, 0.25) is 0 Å². The molecule has 0 spiro atoms. The van der Waals surface area contributed by atoms with Crippen molar-refractivity contribution in [1.82, 2.24) is 15.5 Å². The third kappa shape index (κ3) is 4.74. The predicted octanol–water partition coefficient (Wildman–Crippen LogP) is 2.86. The topological polar surface area (TPSA) is 103 Å². The molecule has 0 bridgehead atoms. The van der Waals surface area contributed by atoms with Gasteiger partial charge in [0.1, 0.15) is 11.8 Å². The molecule has 1 saturated carbocycles. The van der Waals surface area contributed by atoms with Gasteiger partial charge in [-0.25, -0.2) is 0 Å². The Balaban J connectivity index is 0.00000243. The maximum absolute atomic E-state index is 12.2. The maximum atomic E-state index is 12.2. The third-order valence-electron chi connectivity index (χ3n) is 4.68. The lowest BCUT2D eigenvalue weighted by atomic mass is 10.00. The van der Waals surface area contributed by atoms with E-state index in [0.717, 1.165) is 30.6 Å². The van der Waals surface area contributed by atoms with Crippen LogP contribution in [0.5, 0.6) is 5.75 Å². The molecule has 3 rings (SSSR count). The zero-order chi connectivity index (χ0) is 17.8. The van der Waals surface area contributed by atoms with Crippen molar-refractivity contribution in [3.8, 4) is 17.1 Å². The van der Waals surface area contributed by atoms with Gasteiger partial charge in [-0.3, -0.25) is 4.79 Å². The fraction of sp³-hybridized carbons (Fsp3) is 0.500. The summed E-state index contributed by atoms with van der Waals surface area (Å²) in [5.74, 6) is 1.80. The van der Waals surface area contributed by atoms with Gasteiger partial charge in [-0.05, 0) is 37.8 Å². The molecule has 1 aliphatic rings. The zero-order valence-electron chi connectivity index (χ0n) is 15.0. The Kier molecular flexibility index (Phi) is 6.99. The summed E-state index contributed by atoms with van der Waals surface area (Å²) < 4.78 is 10.5. The van der Waals surface area contributed by atoms with Crippen molar-refractivity contribution in [2.75, 3.05) is 7.11 Å². The van der Waals surface area contributed by atoms with Gasteiger partial charge in [-0.2, -0.15) is 4.98 Å². The van der Waals surface area contributed by atoms with Gasteiger partial charge < -0.3 is 20.3 Å². The SMILES string of the molecule is COc1cccc(-c2noc(C(C)NC(=O)C[C@@H]3CCC[C@H]3N)n2)c1.Cl. The molecule has 1 amide bonds. The quantitative estimate of drug-likeness (QED) is 0.798. The van der Waals surface area contributed by atoms with E-state index in [2.05, 4.69) is 15.5 Å². The Labute approximate surface area is 159 Å². The van der Waals surface area contributed by atoms with Gasteiger partial charge in [0.25, 0.3) is 0 Å². The second-order valence-corrected chi connectivity index (χ2v) is 6.54. The van der Waals surface area contributed by atoms with Gasteiger partial charge >= 0.3 is 0 Å². The van der Waals surface area contributed by atoms with Gasteiger partial charge in [-0.1, -0.05) is 23.7 Å². The summed E-state index contributed by atoms with van der Waals surface area (Å²) in [6.07, 6.45) is 3.56. The number of hydrogen-bond donors (Lipinski definition) is 2. The molecule has 1 aliphatic carbocycles. The molecular weight excluding hydrogens is 356 g/mol. The van der Waals surface area contributed by atoms with Crippen LogP contribution >= 0.6 is 12.4 Å². The van der Waals surface area contributed by atoms with Crippen LogP contribution in [0.3, 0.4) is 0 Å². The molecule has 7 nitrogen and oxygen atoms in total. The second kappa shape index (κ2) is 9.00. The van der Waals surface area contributed by atoms with E-state index in [0.29, 0.717) is 18.1 Å². The largest absolute Gasteiger partial charge is 0.497 e. The molecule has 3 N–H and O–H groups in total. The van der Waals surface area contributed by atoms with Gasteiger partial charge in [-0.15, -0.1) is 12.4 Å². The molecule has 1 fully saturated rings. The molecule has 1 aromatic carbocycles. The average Bonchev–Trinajstić information content (AvgIpc) is 3.25. The maximum Gasteiger partial charge on any atom is 0.249 e. The first kappa shape index (κ1) is 20.2. The van der Waals surface area contributed by atoms with E-state index in [1.807, 2.05) is 31.2 Å². The number of hydrogen-bond acceptors (Lipinski definition) is 6. The number of amides is 1. The fourth-order valence-electron chi connectivity index (χ4n) is 3.21. The molecule has 1 unspecified atom stereocenters. The Morgan fingerprint density at radius 1 is 1.46 bits per heavy atom. The molecule has 1 aromatic heterocycles. The lowest BCUT2D eigenvalue weighted by Crippen LogP contribution is -2.33. The molecule has 0 aliphatic heterocycles. The number of nitrogens with one attached hydrogen (secondary N) is 1. The van der Waals surface area contributed by atoms with Crippen molar-refractivity contribution in [1.29, 1.82) is 0 Å². The van der Waals surface area contributed by atoms with E-state index in [1.165, 1.54) is 0 Å². The van der Waals surface area contributed by atoms with Crippen LogP contribution in [0.4, 0.5) is 0 Å². The van der Waals surface area contributed by atoms with Crippen LogP contribution < -0.4 is 15.8 Å². The summed E-state index contributed by atoms with van der Waals surface area (Å²) in [5.41, 5.74) is 6.83. The van der Waals surface area contributed by atoms with Crippen molar-refractivity contribution >= 4 is 18.3 Å². The molecule has 0 radical (unpaired) electrons. The summed E-state index contributed by atoms with van der Waals surface area (Å²) in [5, 5.41) is 6.91. The monoisotopic (exact) mass is 380 g/mol. The Hall–Kier alpha value is -2.12. The Morgan fingerprint density at radius 3 is 2.96 bits per heavy atom. The number of carbonyl (C=O) groups excluding carboxylic acids is 1. The third-order valence-corrected chi connectivity index (χ3v) is 4.68. The number of methoxy groups -OCH3 is 1. The van der Waals surface area contributed by atoms with Crippen molar-refractivity contribution in [2.45, 2.75) is 44.7 Å². The van der Waals surface area contributed by atoms with E-state index in [1.54, 1.807) is 7.11 Å². The number of ether oxygens (including phenoxy) is 1. The highest BCUT2D eigenvalue weighted by Gasteiger charge is 2.27. The highest BCUT2D eigenvalue weighted by molar-refractivity contribution is 5.85. The Bertz CT molecular complexity index is 737. The standard InChI is InChI=1S/C18H24N4O3.ClH/c1-11(20-16(23)10-12-5-4-8-15(12)19)18-21-17(22-25-18)13-6-3-7-14(9-13)24-2;/h3,6-7,9,11-12,15H,4-5,8,10,19H2,1-2H3,(H,20,23);1H/t11?,12-,15+;/m0./s1. The summed E-state index contributed by atoms with van der Waals surface area (Å²) in [4.78, 5) is 16.6. The summed E-state index contributed by atoms with van der Waals surface area (Å²) >= 11 is 0. The van der Waals surface area contributed by atoms with Crippen LogP contribution in [-0.4, -0.2) is 29.2 Å². The van der Waals surface area contributed by atoms with Crippen molar-refractivity contribution in [2.24, 2.45) is 11.7 Å².